The first-order chi connectivity index (χ1) is 11.9. The van der Waals surface area contributed by atoms with Gasteiger partial charge in [0.1, 0.15) is 0 Å². The van der Waals surface area contributed by atoms with Gasteiger partial charge in [0.2, 0.25) is 5.72 Å². The average molecular weight is 346 g/mol. The lowest BCUT2D eigenvalue weighted by Crippen LogP contribution is -2.53. The van der Waals surface area contributed by atoms with Crippen LogP contribution in [0.4, 0.5) is 4.39 Å². The first-order valence-corrected chi connectivity index (χ1v) is 8.87. The topological polar surface area (TPSA) is 21.6 Å². The van der Waals surface area contributed by atoms with Crippen molar-refractivity contribution in [2.24, 2.45) is 16.3 Å². The molecule has 0 saturated heterocycles. The van der Waals surface area contributed by atoms with E-state index in [1.807, 2.05) is 13.0 Å². The summed E-state index contributed by atoms with van der Waals surface area (Å²) in [6, 6.07) is 0. The Bertz CT molecular complexity index is 626. The van der Waals surface area contributed by atoms with E-state index < -0.39 is 5.72 Å². The predicted molar refractivity (Wildman–Crippen MR) is 106 cm³/mol. The van der Waals surface area contributed by atoms with Gasteiger partial charge in [-0.25, -0.2) is 4.99 Å². The molecule has 1 heterocycles. The highest BCUT2D eigenvalue weighted by Gasteiger charge is 2.54. The molecule has 0 aromatic carbocycles. The average Bonchev–Trinajstić information content (AvgIpc) is 2.61. The lowest BCUT2D eigenvalue weighted by atomic mass is 9.61. The summed E-state index contributed by atoms with van der Waals surface area (Å²) in [6.07, 6.45) is 16.6. The van der Waals surface area contributed by atoms with Gasteiger partial charge in [-0.15, -0.1) is 0 Å². The lowest BCUT2D eigenvalue weighted by molar-refractivity contribution is -0.0774. The maximum Gasteiger partial charge on any atom is 0.206 e. The molecule has 0 saturated carbocycles. The number of ether oxygens (including phenoxy) is 1. The van der Waals surface area contributed by atoms with E-state index in [0.29, 0.717) is 13.1 Å². The molecule has 25 heavy (non-hydrogen) atoms. The number of hydrogen-bond acceptors (Lipinski definition) is 2. The summed E-state index contributed by atoms with van der Waals surface area (Å²) in [5, 5.41) is 0. The molecule has 138 valence electrons. The molecule has 1 aliphatic heterocycles. The molecule has 2 nitrogen and oxygen atoms in total. The summed E-state index contributed by atoms with van der Waals surface area (Å²) in [5.74, 6) is 1.23. The fourth-order valence-electron chi connectivity index (χ4n) is 3.81. The Kier molecular flexibility index (Phi) is 7.60. The van der Waals surface area contributed by atoms with Gasteiger partial charge in [-0.3, -0.25) is 4.39 Å². The van der Waals surface area contributed by atoms with Crippen molar-refractivity contribution in [2.45, 2.75) is 53.2 Å². The van der Waals surface area contributed by atoms with Crippen LogP contribution in [0.5, 0.6) is 0 Å². The van der Waals surface area contributed by atoms with Crippen LogP contribution in [-0.4, -0.2) is 18.6 Å². The second kappa shape index (κ2) is 8.98. The summed E-state index contributed by atoms with van der Waals surface area (Å²) < 4.78 is 15.9. The first-order valence-electron chi connectivity index (χ1n) is 8.87. The van der Waals surface area contributed by atoms with Crippen molar-refractivity contribution >= 4 is 5.71 Å². The second-order valence-electron chi connectivity index (χ2n) is 6.63. The van der Waals surface area contributed by atoms with E-state index in [1.54, 1.807) is 6.08 Å². The van der Waals surface area contributed by atoms with Gasteiger partial charge in [0, 0.05) is 11.6 Å². The van der Waals surface area contributed by atoms with Crippen LogP contribution in [0.25, 0.3) is 0 Å². The quantitative estimate of drug-likeness (QED) is 0.323. The highest BCUT2D eigenvalue weighted by Crippen LogP contribution is 2.53. The molecule has 0 fully saturated rings. The van der Waals surface area contributed by atoms with E-state index >= 15 is 0 Å². The van der Waals surface area contributed by atoms with Crippen LogP contribution in [0.1, 0.15) is 47.5 Å². The molecule has 0 radical (unpaired) electrons. The van der Waals surface area contributed by atoms with Crippen molar-refractivity contribution in [2.75, 3.05) is 7.18 Å². The maximum absolute atomic E-state index is 9.50. The summed E-state index contributed by atoms with van der Waals surface area (Å²) in [7, 11) is 0.500. The van der Waals surface area contributed by atoms with Crippen molar-refractivity contribution in [3.63, 3.8) is 0 Å². The molecule has 3 unspecified atom stereocenters. The molecule has 3 heteroatoms. The summed E-state index contributed by atoms with van der Waals surface area (Å²) in [5.41, 5.74) is 1.70. The molecule has 0 aromatic rings. The van der Waals surface area contributed by atoms with E-state index in [-0.39, 0.29) is 5.41 Å². The summed E-state index contributed by atoms with van der Waals surface area (Å²) >= 11 is 0. The molecule has 0 aromatic heterocycles. The van der Waals surface area contributed by atoms with Crippen LogP contribution in [0.15, 0.2) is 65.4 Å². The Labute approximate surface area is 152 Å². The molecule has 0 amide bonds. The van der Waals surface area contributed by atoms with Gasteiger partial charge in [0.15, 0.2) is 0 Å². The fraction of sp³-hybridized carbons (Fsp3) is 0.500. The largest absolute Gasteiger partial charge is 0.470 e. The Morgan fingerprint density at radius 2 is 2.12 bits per heavy atom. The zero-order valence-corrected chi connectivity index (χ0v) is 16.5. The van der Waals surface area contributed by atoms with Crippen LogP contribution in [0, 0.1) is 11.3 Å². The number of fused-ring (bicyclic) bond motifs is 1. The Morgan fingerprint density at radius 3 is 2.68 bits per heavy atom. The van der Waals surface area contributed by atoms with Gasteiger partial charge >= 0.3 is 0 Å². The van der Waals surface area contributed by atoms with Gasteiger partial charge < -0.3 is 4.74 Å². The third-order valence-electron chi connectivity index (χ3n) is 5.12. The van der Waals surface area contributed by atoms with Crippen LogP contribution in [-0.2, 0) is 4.74 Å². The summed E-state index contributed by atoms with van der Waals surface area (Å²) in [4.78, 5) is 5.08. The second-order valence-corrected chi connectivity index (χ2v) is 6.63. The van der Waals surface area contributed by atoms with Gasteiger partial charge in [-0.1, -0.05) is 50.0 Å². The van der Waals surface area contributed by atoms with Gasteiger partial charge in [-0.05, 0) is 52.2 Å². The SMILES string of the molecule is C=C/C=C(/C)OC1(C)N=C(CC)C2=CC=CCC2C1(C)C=CC.CF. The minimum Gasteiger partial charge on any atom is -0.470 e. The van der Waals surface area contributed by atoms with Crippen molar-refractivity contribution in [1.82, 2.24) is 0 Å². The molecule has 1 aliphatic carbocycles. The van der Waals surface area contributed by atoms with Crippen molar-refractivity contribution in [1.29, 1.82) is 0 Å². The molecule has 0 bridgehead atoms. The monoisotopic (exact) mass is 345 g/mol. The minimum absolute atomic E-state index is 0.201. The molecule has 3 atom stereocenters. The van der Waals surface area contributed by atoms with E-state index in [0.717, 1.165) is 24.3 Å². The maximum atomic E-state index is 9.50. The third-order valence-corrected chi connectivity index (χ3v) is 5.12. The number of hydrogen-bond donors (Lipinski definition) is 0. The van der Waals surface area contributed by atoms with E-state index in [2.05, 4.69) is 64.7 Å². The first kappa shape index (κ1) is 21.1. The summed E-state index contributed by atoms with van der Waals surface area (Å²) in [6.45, 7) is 14.3. The van der Waals surface area contributed by atoms with E-state index in [9.17, 15) is 4.39 Å². The van der Waals surface area contributed by atoms with Crippen molar-refractivity contribution in [3.8, 4) is 0 Å². The van der Waals surface area contributed by atoms with Gasteiger partial charge in [0.25, 0.3) is 0 Å². The fourth-order valence-corrected chi connectivity index (χ4v) is 3.81. The van der Waals surface area contributed by atoms with Gasteiger partial charge in [-0.2, -0.15) is 0 Å². The number of halogens is 1. The predicted octanol–water partition coefficient (Wildman–Crippen LogP) is 6.34. The molecule has 0 spiro atoms. The van der Waals surface area contributed by atoms with Crippen LogP contribution >= 0.6 is 0 Å². The molecular weight excluding hydrogens is 313 g/mol. The molecule has 2 rings (SSSR count). The normalized spacial score (nSPS) is 31.5. The molecular formula is C22H32FNO. The number of alkyl halides is 1. The smallest absolute Gasteiger partial charge is 0.206 e. The molecule has 2 aliphatic rings. The van der Waals surface area contributed by atoms with E-state index in [1.165, 1.54) is 5.57 Å². The Hall–Kier alpha value is -1.90. The standard InChI is InChI=1S/C21H29NO.CH3F/c1-7-12-16(4)23-21(6)20(5,15-8-2)18-14-11-10-13-17(18)19(9-3)22-21;1-2/h7-8,10-13,15,18H,1,9,14H2,2-6H3;1H3/b15-8?,16-12-;. The zero-order valence-electron chi connectivity index (χ0n) is 16.5. The number of nitrogens with zero attached hydrogens (tertiary/aromatic N) is 1. The number of allylic oxidation sites excluding steroid dienone is 8. The highest BCUT2D eigenvalue weighted by atomic mass is 19.1. The number of aliphatic imine (C=N–C) groups is 1. The van der Waals surface area contributed by atoms with E-state index in [4.69, 9.17) is 9.73 Å². The Balaban J connectivity index is 0.00000151. The van der Waals surface area contributed by atoms with Crippen molar-refractivity contribution in [3.05, 3.63) is 60.4 Å². The van der Waals surface area contributed by atoms with Crippen LogP contribution < -0.4 is 0 Å². The molecule has 0 N–H and O–H groups in total. The number of rotatable bonds is 5. The van der Waals surface area contributed by atoms with Crippen LogP contribution in [0.3, 0.4) is 0 Å². The zero-order chi connectivity index (χ0) is 19.1. The Morgan fingerprint density at radius 1 is 1.44 bits per heavy atom. The minimum atomic E-state index is -0.623. The third kappa shape index (κ3) is 4.02. The lowest BCUT2D eigenvalue weighted by Gasteiger charge is -2.51. The van der Waals surface area contributed by atoms with Crippen molar-refractivity contribution < 1.29 is 9.13 Å². The highest BCUT2D eigenvalue weighted by molar-refractivity contribution is 6.02. The van der Waals surface area contributed by atoms with Crippen LogP contribution in [0.2, 0.25) is 0 Å². The van der Waals surface area contributed by atoms with Gasteiger partial charge in [0.05, 0.1) is 18.4 Å².